The van der Waals surface area contributed by atoms with Crippen LogP contribution in [0.1, 0.15) is 12.8 Å². The highest BCUT2D eigenvalue weighted by Crippen LogP contribution is 2.33. The predicted octanol–water partition coefficient (Wildman–Crippen LogP) is 3.46. The van der Waals surface area contributed by atoms with E-state index in [1.165, 1.54) is 13.2 Å². The number of nitrogens with one attached hydrogen (secondary N) is 1. The van der Waals surface area contributed by atoms with E-state index in [1.54, 1.807) is 12.1 Å². The molecular formula is C19H21N3O4. The van der Waals surface area contributed by atoms with Crippen molar-refractivity contribution < 1.29 is 14.5 Å². The second kappa shape index (κ2) is 7.86. The van der Waals surface area contributed by atoms with Crippen molar-refractivity contribution in [3.8, 4) is 5.75 Å². The number of rotatable bonds is 5. The van der Waals surface area contributed by atoms with Crippen LogP contribution < -0.4 is 15.0 Å². The molecule has 1 amide bonds. The van der Waals surface area contributed by atoms with Gasteiger partial charge in [-0.25, -0.2) is 0 Å². The summed E-state index contributed by atoms with van der Waals surface area (Å²) in [6.07, 6.45) is 1.70. The van der Waals surface area contributed by atoms with Gasteiger partial charge in [-0.05, 0) is 31.0 Å². The van der Waals surface area contributed by atoms with Crippen molar-refractivity contribution in [1.82, 2.24) is 0 Å². The molecule has 0 aliphatic carbocycles. The first-order valence-corrected chi connectivity index (χ1v) is 8.52. The molecule has 1 fully saturated rings. The molecule has 0 radical (unpaired) electrons. The standard InChI is InChI=1S/C19H21N3O4/c1-26-18-12-16(9-10-17(18)22(24)25)21-11-5-6-14(13-21)19(23)20-15-7-3-2-4-8-15/h2-4,7-10,12,14H,5-6,11,13H2,1H3,(H,20,23)/t14-/m1/s1. The Morgan fingerprint density at radius 3 is 2.73 bits per heavy atom. The number of benzene rings is 2. The maximum atomic E-state index is 12.6. The largest absolute Gasteiger partial charge is 0.490 e. The predicted molar refractivity (Wildman–Crippen MR) is 99.7 cm³/mol. The van der Waals surface area contributed by atoms with Crippen LogP contribution in [0.5, 0.6) is 5.75 Å². The summed E-state index contributed by atoms with van der Waals surface area (Å²) >= 11 is 0. The lowest BCUT2D eigenvalue weighted by atomic mass is 9.96. The van der Waals surface area contributed by atoms with E-state index in [2.05, 4.69) is 10.2 Å². The van der Waals surface area contributed by atoms with Gasteiger partial charge in [-0.15, -0.1) is 0 Å². The monoisotopic (exact) mass is 355 g/mol. The van der Waals surface area contributed by atoms with E-state index >= 15 is 0 Å². The molecular weight excluding hydrogens is 334 g/mol. The second-order valence-corrected chi connectivity index (χ2v) is 6.25. The van der Waals surface area contributed by atoms with Gasteiger partial charge in [0, 0.05) is 36.6 Å². The van der Waals surface area contributed by atoms with Crippen molar-refractivity contribution in [1.29, 1.82) is 0 Å². The molecule has 1 aliphatic rings. The van der Waals surface area contributed by atoms with E-state index in [9.17, 15) is 14.9 Å². The van der Waals surface area contributed by atoms with Gasteiger partial charge in [-0.1, -0.05) is 18.2 Å². The number of hydrogen-bond donors (Lipinski definition) is 1. The SMILES string of the molecule is COc1cc(N2CCC[C@@H](C(=O)Nc3ccccc3)C2)ccc1[N+](=O)[O-]. The number of nitrogens with zero attached hydrogens (tertiary/aromatic N) is 2. The highest BCUT2D eigenvalue weighted by molar-refractivity contribution is 5.93. The van der Waals surface area contributed by atoms with Crippen LogP contribution in [0.4, 0.5) is 17.1 Å². The molecule has 0 saturated carbocycles. The van der Waals surface area contributed by atoms with Gasteiger partial charge in [0.05, 0.1) is 18.0 Å². The molecule has 0 bridgehead atoms. The van der Waals surface area contributed by atoms with E-state index in [1.807, 2.05) is 30.3 Å². The van der Waals surface area contributed by atoms with Crippen molar-refractivity contribution >= 4 is 23.0 Å². The van der Waals surface area contributed by atoms with Crippen LogP contribution in [-0.2, 0) is 4.79 Å². The number of anilines is 2. The number of methoxy groups -OCH3 is 1. The minimum Gasteiger partial charge on any atom is -0.490 e. The number of hydrogen-bond acceptors (Lipinski definition) is 5. The van der Waals surface area contributed by atoms with Gasteiger partial charge in [0.15, 0.2) is 5.75 Å². The Morgan fingerprint density at radius 1 is 1.27 bits per heavy atom. The topological polar surface area (TPSA) is 84.7 Å². The molecule has 1 N–H and O–H groups in total. The van der Waals surface area contributed by atoms with Crippen molar-refractivity contribution in [3.05, 3.63) is 58.6 Å². The first kappa shape index (κ1) is 17.7. The Morgan fingerprint density at radius 2 is 2.04 bits per heavy atom. The molecule has 26 heavy (non-hydrogen) atoms. The van der Waals surface area contributed by atoms with Gasteiger partial charge in [0.2, 0.25) is 5.91 Å². The van der Waals surface area contributed by atoms with Gasteiger partial charge in [-0.2, -0.15) is 0 Å². The molecule has 0 unspecified atom stereocenters. The lowest BCUT2D eigenvalue weighted by molar-refractivity contribution is -0.385. The fourth-order valence-corrected chi connectivity index (χ4v) is 3.21. The van der Waals surface area contributed by atoms with Crippen molar-refractivity contribution in [3.63, 3.8) is 0 Å². The number of ether oxygens (including phenoxy) is 1. The summed E-state index contributed by atoms with van der Waals surface area (Å²) in [4.78, 5) is 25.2. The van der Waals surface area contributed by atoms with Crippen molar-refractivity contribution in [2.24, 2.45) is 5.92 Å². The Labute approximate surface area is 151 Å². The van der Waals surface area contributed by atoms with Gasteiger partial charge in [0.25, 0.3) is 0 Å². The Balaban J connectivity index is 1.72. The van der Waals surface area contributed by atoms with E-state index in [0.717, 1.165) is 30.8 Å². The average Bonchev–Trinajstić information content (AvgIpc) is 2.68. The summed E-state index contributed by atoms with van der Waals surface area (Å²) in [6, 6.07) is 14.2. The second-order valence-electron chi connectivity index (χ2n) is 6.25. The molecule has 7 heteroatoms. The third-order valence-electron chi connectivity index (χ3n) is 4.56. The van der Waals surface area contributed by atoms with E-state index in [-0.39, 0.29) is 23.3 Å². The summed E-state index contributed by atoms with van der Waals surface area (Å²) in [5.74, 6) is 0.0864. The lowest BCUT2D eigenvalue weighted by Gasteiger charge is -2.33. The maximum Gasteiger partial charge on any atom is 0.311 e. The molecule has 1 atom stereocenters. The van der Waals surface area contributed by atoms with Crippen LogP contribution in [0.15, 0.2) is 48.5 Å². The third kappa shape index (κ3) is 3.93. The van der Waals surface area contributed by atoms with Crippen LogP contribution in [0.2, 0.25) is 0 Å². The highest BCUT2D eigenvalue weighted by Gasteiger charge is 2.27. The Hall–Kier alpha value is -3.09. The molecule has 1 saturated heterocycles. The van der Waals surface area contributed by atoms with Crippen molar-refractivity contribution in [2.45, 2.75) is 12.8 Å². The average molecular weight is 355 g/mol. The molecule has 1 heterocycles. The number of piperidine rings is 1. The van der Waals surface area contributed by atoms with Gasteiger partial charge < -0.3 is 15.0 Å². The summed E-state index contributed by atoms with van der Waals surface area (Å²) in [5.41, 5.74) is 1.54. The molecule has 2 aromatic rings. The van der Waals surface area contributed by atoms with Crippen LogP contribution in [-0.4, -0.2) is 31.0 Å². The number of carbonyl (C=O) groups is 1. The fraction of sp³-hybridized carbons (Fsp3) is 0.316. The minimum absolute atomic E-state index is 0.00484. The van der Waals surface area contributed by atoms with Crippen molar-refractivity contribution in [2.75, 3.05) is 30.4 Å². The van der Waals surface area contributed by atoms with Gasteiger partial charge in [0.1, 0.15) is 0 Å². The zero-order chi connectivity index (χ0) is 18.5. The molecule has 2 aromatic carbocycles. The number of carbonyl (C=O) groups excluding carboxylic acids is 1. The molecule has 136 valence electrons. The van der Waals surface area contributed by atoms with Crippen LogP contribution in [0, 0.1) is 16.0 Å². The first-order valence-electron chi connectivity index (χ1n) is 8.52. The Bertz CT molecular complexity index is 795. The summed E-state index contributed by atoms with van der Waals surface area (Å²) in [7, 11) is 1.42. The van der Waals surface area contributed by atoms with Crippen LogP contribution in [0.3, 0.4) is 0 Å². The molecule has 0 aromatic heterocycles. The first-order chi connectivity index (χ1) is 12.6. The van der Waals surface area contributed by atoms with Gasteiger partial charge in [-0.3, -0.25) is 14.9 Å². The molecule has 0 spiro atoms. The third-order valence-corrected chi connectivity index (χ3v) is 4.56. The normalized spacial score (nSPS) is 16.8. The molecule has 1 aliphatic heterocycles. The number of para-hydroxylation sites is 1. The summed E-state index contributed by atoms with van der Waals surface area (Å²) in [6.45, 7) is 1.37. The summed E-state index contributed by atoms with van der Waals surface area (Å²) < 4.78 is 5.14. The van der Waals surface area contributed by atoms with E-state index < -0.39 is 4.92 Å². The van der Waals surface area contributed by atoms with Gasteiger partial charge >= 0.3 is 5.69 Å². The quantitative estimate of drug-likeness (QED) is 0.656. The zero-order valence-corrected chi connectivity index (χ0v) is 14.6. The molecule has 3 rings (SSSR count). The smallest absolute Gasteiger partial charge is 0.311 e. The number of nitro benzene ring substituents is 1. The van der Waals surface area contributed by atoms with Crippen LogP contribution in [0.25, 0.3) is 0 Å². The number of nitro groups is 1. The van der Waals surface area contributed by atoms with Crippen LogP contribution >= 0.6 is 0 Å². The lowest BCUT2D eigenvalue weighted by Crippen LogP contribution is -2.40. The summed E-state index contributed by atoms with van der Waals surface area (Å²) in [5, 5.41) is 14.0. The number of amides is 1. The maximum absolute atomic E-state index is 12.6. The Kier molecular flexibility index (Phi) is 5.36. The van der Waals surface area contributed by atoms with E-state index in [0.29, 0.717) is 6.54 Å². The van der Waals surface area contributed by atoms with E-state index in [4.69, 9.17) is 4.74 Å². The molecule has 7 nitrogen and oxygen atoms in total. The zero-order valence-electron chi connectivity index (χ0n) is 14.6. The fourth-order valence-electron chi connectivity index (χ4n) is 3.21. The highest BCUT2D eigenvalue weighted by atomic mass is 16.6. The minimum atomic E-state index is -0.463.